The number of nitro benzene ring substituents is 1. The van der Waals surface area contributed by atoms with Crippen LogP contribution in [0.3, 0.4) is 0 Å². The van der Waals surface area contributed by atoms with Gasteiger partial charge in [-0.25, -0.2) is 8.42 Å². The van der Waals surface area contributed by atoms with Crippen LogP contribution in [-0.2, 0) is 10.0 Å². The predicted octanol–water partition coefficient (Wildman–Crippen LogP) is 2.53. The van der Waals surface area contributed by atoms with Gasteiger partial charge in [-0.15, -0.1) is 0 Å². The van der Waals surface area contributed by atoms with Crippen LogP contribution in [0.2, 0.25) is 0 Å². The van der Waals surface area contributed by atoms with Crippen LogP contribution in [0.5, 0.6) is 0 Å². The Morgan fingerprint density at radius 3 is 2.30 bits per heavy atom. The molecule has 2 aromatic rings. The lowest BCUT2D eigenvalue weighted by Crippen LogP contribution is -2.15. The number of nitrogens with zero attached hydrogens (tertiary/aromatic N) is 1. The molecular weight excluding hydrogens is 287 g/mol. The molecule has 0 aromatic heterocycles. The topological polar surface area (TPSA) is 89.3 Å². The summed E-state index contributed by atoms with van der Waals surface area (Å²) in [7, 11) is -4.24. The van der Waals surface area contributed by atoms with Gasteiger partial charge >= 0.3 is 5.69 Å². The standard InChI is InChI=1S/C12H9FN2O4S/c13-10-7-4-8-11(12(10)15(16)17)20(18,19)14-9-5-2-1-3-6-9/h1-8,14H. The second-order valence-corrected chi connectivity index (χ2v) is 5.47. The summed E-state index contributed by atoms with van der Waals surface area (Å²) >= 11 is 0. The quantitative estimate of drug-likeness (QED) is 0.693. The molecule has 1 N–H and O–H groups in total. The van der Waals surface area contributed by atoms with E-state index in [0.717, 1.165) is 18.2 Å². The SMILES string of the molecule is O=[N+]([O-])c1c(F)cccc1S(=O)(=O)Nc1ccccc1. The second kappa shape index (κ2) is 5.25. The molecule has 0 aliphatic carbocycles. The lowest BCUT2D eigenvalue weighted by Gasteiger charge is -2.08. The molecule has 20 heavy (non-hydrogen) atoms. The summed E-state index contributed by atoms with van der Waals surface area (Å²) in [6.07, 6.45) is 0. The lowest BCUT2D eigenvalue weighted by molar-refractivity contribution is -0.390. The maximum absolute atomic E-state index is 13.4. The molecule has 0 fully saturated rings. The zero-order valence-electron chi connectivity index (χ0n) is 9.99. The minimum absolute atomic E-state index is 0.228. The Kier molecular flexibility index (Phi) is 3.66. The van der Waals surface area contributed by atoms with Gasteiger partial charge in [-0.3, -0.25) is 14.8 Å². The van der Waals surface area contributed by atoms with Crippen molar-refractivity contribution >= 4 is 21.4 Å². The van der Waals surface area contributed by atoms with Crippen LogP contribution in [0, 0.1) is 15.9 Å². The lowest BCUT2D eigenvalue weighted by atomic mass is 10.3. The fourth-order valence-electron chi connectivity index (χ4n) is 1.61. The molecule has 0 heterocycles. The summed E-state index contributed by atoms with van der Waals surface area (Å²) in [5, 5.41) is 10.8. The largest absolute Gasteiger partial charge is 0.325 e. The zero-order valence-corrected chi connectivity index (χ0v) is 10.8. The Hall–Kier alpha value is -2.48. The van der Waals surface area contributed by atoms with Gasteiger partial charge in [0.15, 0.2) is 4.90 Å². The first-order valence-electron chi connectivity index (χ1n) is 5.42. The number of halogens is 1. The van der Waals surface area contributed by atoms with Crippen LogP contribution < -0.4 is 4.72 Å². The average Bonchev–Trinajstić information content (AvgIpc) is 2.38. The minimum Gasteiger partial charge on any atom is -0.279 e. The summed E-state index contributed by atoms with van der Waals surface area (Å²) in [4.78, 5) is 9.04. The number of sulfonamides is 1. The zero-order chi connectivity index (χ0) is 14.8. The van der Waals surface area contributed by atoms with E-state index in [-0.39, 0.29) is 5.69 Å². The molecular formula is C12H9FN2O4S. The van der Waals surface area contributed by atoms with Crippen molar-refractivity contribution in [1.29, 1.82) is 0 Å². The van der Waals surface area contributed by atoms with Crippen molar-refractivity contribution in [3.8, 4) is 0 Å². The van der Waals surface area contributed by atoms with E-state index in [1.165, 1.54) is 12.1 Å². The fourth-order valence-corrected chi connectivity index (χ4v) is 2.85. The number of para-hydroxylation sites is 2. The minimum atomic E-state index is -4.24. The van der Waals surface area contributed by atoms with Gasteiger partial charge in [0.2, 0.25) is 5.82 Å². The van der Waals surface area contributed by atoms with Crippen molar-refractivity contribution in [3.63, 3.8) is 0 Å². The smallest absolute Gasteiger partial charge is 0.279 e. The van der Waals surface area contributed by atoms with Gasteiger partial charge in [-0.05, 0) is 24.3 Å². The van der Waals surface area contributed by atoms with E-state index in [1.807, 2.05) is 0 Å². The van der Waals surface area contributed by atoms with E-state index in [4.69, 9.17) is 0 Å². The third kappa shape index (κ3) is 2.75. The summed E-state index contributed by atoms with van der Waals surface area (Å²) in [5.74, 6) is -1.20. The van der Waals surface area contributed by atoms with E-state index in [0.29, 0.717) is 0 Å². The van der Waals surface area contributed by atoms with E-state index in [2.05, 4.69) is 4.72 Å². The van der Waals surface area contributed by atoms with Gasteiger partial charge in [0, 0.05) is 5.69 Å². The van der Waals surface area contributed by atoms with Crippen LogP contribution in [0.4, 0.5) is 15.8 Å². The molecule has 0 aliphatic rings. The number of hydrogen-bond donors (Lipinski definition) is 1. The van der Waals surface area contributed by atoms with Crippen molar-refractivity contribution in [2.24, 2.45) is 0 Å². The second-order valence-electron chi connectivity index (χ2n) is 3.82. The molecule has 2 aromatic carbocycles. The third-order valence-corrected chi connectivity index (χ3v) is 3.86. The summed E-state index contributed by atoms with van der Waals surface area (Å²) in [6, 6.07) is 10.7. The molecule has 0 amide bonds. The maximum atomic E-state index is 13.4. The monoisotopic (exact) mass is 296 g/mol. The number of anilines is 1. The third-order valence-electron chi connectivity index (χ3n) is 2.45. The van der Waals surface area contributed by atoms with Crippen LogP contribution >= 0.6 is 0 Å². The van der Waals surface area contributed by atoms with Crippen LogP contribution in [-0.4, -0.2) is 13.3 Å². The first kappa shape index (κ1) is 13.9. The van der Waals surface area contributed by atoms with Crippen molar-refractivity contribution < 1.29 is 17.7 Å². The van der Waals surface area contributed by atoms with Gasteiger partial charge in [0.05, 0.1) is 4.92 Å². The summed E-state index contributed by atoms with van der Waals surface area (Å²) in [6.45, 7) is 0. The normalized spacial score (nSPS) is 11.1. The predicted molar refractivity (Wildman–Crippen MR) is 70.3 cm³/mol. The first-order chi connectivity index (χ1) is 9.42. The number of rotatable bonds is 4. The highest BCUT2D eigenvalue weighted by atomic mass is 32.2. The van der Waals surface area contributed by atoms with Crippen molar-refractivity contribution in [2.75, 3.05) is 4.72 Å². The molecule has 0 unspecified atom stereocenters. The van der Waals surface area contributed by atoms with Gasteiger partial charge < -0.3 is 0 Å². The number of nitro groups is 1. The van der Waals surface area contributed by atoms with Gasteiger partial charge in [0.25, 0.3) is 10.0 Å². The highest BCUT2D eigenvalue weighted by molar-refractivity contribution is 7.92. The molecule has 0 bridgehead atoms. The molecule has 0 aliphatic heterocycles. The molecule has 104 valence electrons. The van der Waals surface area contributed by atoms with Crippen molar-refractivity contribution in [3.05, 3.63) is 64.5 Å². The van der Waals surface area contributed by atoms with Gasteiger partial charge in [-0.2, -0.15) is 4.39 Å². The Morgan fingerprint density at radius 1 is 1.05 bits per heavy atom. The molecule has 0 spiro atoms. The number of benzene rings is 2. The van der Waals surface area contributed by atoms with Gasteiger partial charge in [-0.1, -0.05) is 24.3 Å². The molecule has 2 rings (SSSR count). The van der Waals surface area contributed by atoms with E-state index in [1.54, 1.807) is 18.2 Å². The van der Waals surface area contributed by atoms with E-state index < -0.39 is 31.3 Å². The summed E-state index contributed by atoms with van der Waals surface area (Å²) < 4.78 is 39.8. The molecule has 0 saturated carbocycles. The van der Waals surface area contributed by atoms with Crippen LogP contribution in [0.15, 0.2) is 53.4 Å². The highest BCUT2D eigenvalue weighted by Gasteiger charge is 2.29. The first-order valence-corrected chi connectivity index (χ1v) is 6.91. The van der Waals surface area contributed by atoms with E-state index >= 15 is 0 Å². The highest BCUT2D eigenvalue weighted by Crippen LogP contribution is 2.28. The molecule has 6 nitrogen and oxygen atoms in total. The van der Waals surface area contributed by atoms with Crippen LogP contribution in [0.25, 0.3) is 0 Å². The van der Waals surface area contributed by atoms with Crippen molar-refractivity contribution in [2.45, 2.75) is 4.90 Å². The Balaban J connectivity index is 2.50. The molecule has 8 heteroatoms. The van der Waals surface area contributed by atoms with Crippen molar-refractivity contribution in [1.82, 2.24) is 0 Å². The van der Waals surface area contributed by atoms with E-state index in [9.17, 15) is 22.9 Å². The van der Waals surface area contributed by atoms with Crippen LogP contribution in [0.1, 0.15) is 0 Å². The Bertz CT molecular complexity index is 747. The molecule has 0 atom stereocenters. The summed E-state index contributed by atoms with van der Waals surface area (Å²) in [5.41, 5.74) is -0.845. The van der Waals surface area contributed by atoms with Gasteiger partial charge in [0.1, 0.15) is 0 Å². The fraction of sp³-hybridized carbons (Fsp3) is 0. The number of nitrogens with one attached hydrogen (secondary N) is 1. The molecule has 0 saturated heterocycles. The number of hydrogen-bond acceptors (Lipinski definition) is 4. The maximum Gasteiger partial charge on any atom is 0.325 e. The molecule has 0 radical (unpaired) electrons. The Labute approximate surface area is 114 Å². The average molecular weight is 296 g/mol. The Morgan fingerprint density at radius 2 is 1.70 bits per heavy atom.